The Kier molecular flexibility index (Phi) is 7.68. The summed E-state index contributed by atoms with van der Waals surface area (Å²) in [5.74, 6) is -0.0967. The van der Waals surface area contributed by atoms with Crippen LogP contribution in [0.3, 0.4) is 0 Å². The van der Waals surface area contributed by atoms with Gasteiger partial charge in [-0.3, -0.25) is 9.59 Å². The summed E-state index contributed by atoms with van der Waals surface area (Å²) >= 11 is 0. The molecule has 0 saturated heterocycles. The summed E-state index contributed by atoms with van der Waals surface area (Å²) in [4.78, 5) is 22.1. The maximum atomic E-state index is 11.7. The highest BCUT2D eigenvalue weighted by Gasteiger charge is 2.03. The second-order valence-corrected chi connectivity index (χ2v) is 6.30. The molecule has 5 nitrogen and oxygen atoms in total. The second-order valence-electron chi connectivity index (χ2n) is 6.30. The lowest BCUT2D eigenvalue weighted by atomic mass is 10.1. The maximum Gasteiger partial charge on any atom is 0.303 e. The third-order valence-corrected chi connectivity index (χ3v) is 3.95. The molecular weight excluding hydrogens is 330 g/mol. The Hall–Kier alpha value is -2.82. The van der Waals surface area contributed by atoms with Crippen LogP contribution < -0.4 is 10.1 Å². The van der Waals surface area contributed by atoms with Gasteiger partial charge >= 0.3 is 5.97 Å². The number of aliphatic carboxylic acids is 1. The first-order valence-electron chi connectivity index (χ1n) is 8.79. The topological polar surface area (TPSA) is 75.6 Å². The molecule has 138 valence electrons. The van der Waals surface area contributed by atoms with E-state index >= 15 is 0 Å². The van der Waals surface area contributed by atoms with E-state index in [1.807, 2.05) is 36.4 Å². The van der Waals surface area contributed by atoms with E-state index in [0.29, 0.717) is 32.4 Å². The van der Waals surface area contributed by atoms with Crippen LogP contribution in [-0.4, -0.2) is 17.0 Å². The number of nitrogens with one attached hydrogen (secondary N) is 1. The molecule has 5 heteroatoms. The lowest BCUT2D eigenvalue weighted by Crippen LogP contribution is -2.22. The lowest BCUT2D eigenvalue weighted by molar-refractivity contribution is -0.137. The Morgan fingerprint density at radius 2 is 1.73 bits per heavy atom. The molecule has 0 aliphatic heterocycles. The van der Waals surface area contributed by atoms with E-state index in [4.69, 9.17) is 9.84 Å². The van der Waals surface area contributed by atoms with Gasteiger partial charge in [-0.2, -0.15) is 0 Å². The van der Waals surface area contributed by atoms with Crippen molar-refractivity contribution in [1.29, 1.82) is 0 Å². The standard InChI is InChI=1S/C21H25NO4/c1-16-5-4-6-18(13-16)15-26-19-11-9-17(10-12-19)14-22-20(23)7-2-3-8-21(24)25/h4-6,9-13H,2-3,7-8,14-15H2,1H3,(H,22,23)(H,24,25). The first-order chi connectivity index (χ1) is 12.5. The molecule has 2 rings (SSSR count). The summed E-state index contributed by atoms with van der Waals surface area (Å²) < 4.78 is 5.78. The van der Waals surface area contributed by atoms with Crippen molar-refractivity contribution in [3.8, 4) is 5.75 Å². The fraction of sp³-hybridized carbons (Fsp3) is 0.333. The third kappa shape index (κ3) is 7.38. The number of rotatable bonds is 10. The highest BCUT2D eigenvalue weighted by molar-refractivity contribution is 5.75. The van der Waals surface area contributed by atoms with Gasteiger partial charge in [0.05, 0.1) is 0 Å². The van der Waals surface area contributed by atoms with Gasteiger partial charge < -0.3 is 15.2 Å². The quantitative estimate of drug-likeness (QED) is 0.635. The molecule has 0 aliphatic rings. The predicted octanol–water partition coefficient (Wildman–Crippen LogP) is 3.84. The molecule has 0 saturated carbocycles. The van der Waals surface area contributed by atoms with Crippen molar-refractivity contribution in [2.45, 2.75) is 45.8 Å². The summed E-state index contributed by atoms with van der Waals surface area (Å²) in [6, 6.07) is 15.8. The number of benzene rings is 2. The van der Waals surface area contributed by atoms with E-state index in [9.17, 15) is 9.59 Å². The van der Waals surface area contributed by atoms with Crippen LogP contribution >= 0.6 is 0 Å². The van der Waals surface area contributed by atoms with Crippen LogP contribution in [0.25, 0.3) is 0 Å². The number of carboxylic acid groups (broad SMARTS) is 1. The van der Waals surface area contributed by atoms with Crippen LogP contribution in [0, 0.1) is 6.92 Å². The van der Waals surface area contributed by atoms with Crippen LogP contribution in [0.1, 0.15) is 42.4 Å². The molecule has 0 unspecified atom stereocenters. The molecule has 0 bridgehead atoms. The van der Waals surface area contributed by atoms with Crippen LogP contribution in [-0.2, 0) is 22.7 Å². The first kappa shape index (κ1) is 19.5. The summed E-state index contributed by atoms with van der Waals surface area (Å²) in [5.41, 5.74) is 3.33. The van der Waals surface area contributed by atoms with Crippen LogP contribution in [0.15, 0.2) is 48.5 Å². The van der Waals surface area contributed by atoms with E-state index in [-0.39, 0.29) is 12.3 Å². The molecule has 2 N–H and O–H groups in total. The van der Waals surface area contributed by atoms with Gasteiger partial charge in [-0.25, -0.2) is 0 Å². The summed E-state index contributed by atoms with van der Waals surface area (Å²) in [6.07, 6.45) is 1.57. The van der Waals surface area contributed by atoms with Crippen molar-refractivity contribution < 1.29 is 19.4 Å². The minimum Gasteiger partial charge on any atom is -0.489 e. The third-order valence-electron chi connectivity index (χ3n) is 3.95. The number of unbranched alkanes of at least 4 members (excludes halogenated alkanes) is 1. The van der Waals surface area contributed by atoms with Crippen LogP contribution in [0.5, 0.6) is 5.75 Å². The van der Waals surface area contributed by atoms with Gasteiger partial charge in [0.25, 0.3) is 0 Å². The van der Waals surface area contributed by atoms with E-state index < -0.39 is 5.97 Å². The van der Waals surface area contributed by atoms with Gasteiger partial charge in [-0.1, -0.05) is 42.0 Å². The summed E-state index contributed by atoms with van der Waals surface area (Å²) in [6.45, 7) is 3.03. The number of amides is 1. The number of carboxylic acids is 1. The fourth-order valence-corrected chi connectivity index (χ4v) is 2.52. The highest BCUT2D eigenvalue weighted by atomic mass is 16.5. The molecule has 0 radical (unpaired) electrons. The Morgan fingerprint density at radius 3 is 2.42 bits per heavy atom. The zero-order valence-corrected chi connectivity index (χ0v) is 15.0. The van der Waals surface area contributed by atoms with Gasteiger partial charge in [0.1, 0.15) is 12.4 Å². The zero-order chi connectivity index (χ0) is 18.8. The maximum absolute atomic E-state index is 11.7. The van der Waals surface area contributed by atoms with Crippen LogP contribution in [0.4, 0.5) is 0 Å². The van der Waals surface area contributed by atoms with Gasteiger partial charge in [0, 0.05) is 19.4 Å². The number of aryl methyl sites for hydroxylation is 1. The van der Waals surface area contributed by atoms with Crippen molar-refractivity contribution >= 4 is 11.9 Å². The molecule has 0 spiro atoms. The molecule has 2 aromatic carbocycles. The number of hydrogen-bond acceptors (Lipinski definition) is 3. The molecule has 0 fully saturated rings. The van der Waals surface area contributed by atoms with Crippen molar-refractivity contribution in [2.24, 2.45) is 0 Å². The smallest absolute Gasteiger partial charge is 0.303 e. The average Bonchev–Trinajstić information content (AvgIpc) is 2.62. The Balaban J connectivity index is 1.70. The van der Waals surface area contributed by atoms with Gasteiger partial charge in [-0.05, 0) is 43.0 Å². The monoisotopic (exact) mass is 355 g/mol. The minimum atomic E-state index is -0.824. The molecule has 0 aromatic heterocycles. The normalized spacial score (nSPS) is 10.3. The van der Waals surface area contributed by atoms with Gasteiger partial charge in [-0.15, -0.1) is 0 Å². The molecule has 0 aliphatic carbocycles. The Bertz CT molecular complexity index is 725. The van der Waals surface area contributed by atoms with E-state index in [1.165, 1.54) is 5.56 Å². The molecule has 0 atom stereocenters. The Labute approximate surface area is 154 Å². The summed E-state index contributed by atoms with van der Waals surface area (Å²) in [7, 11) is 0. The molecular formula is C21H25NO4. The number of carbonyl (C=O) groups is 2. The largest absolute Gasteiger partial charge is 0.489 e. The molecule has 0 heterocycles. The highest BCUT2D eigenvalue weighted by Crippen LogP contribution is 2.15. The van der Waals surface area contributed by atoms with Crippen LogP contribution in [0.2, 0.25) is 0 Å². The van der Waals surface area contributed by atoms with Crippen molar-refractivity contribution in [3.63, 3.8) is 0 Å². The van der Waals surface area contributed by atoms with Gasteiger partial charge in [0.15, 0.2) is 0 Å². The minimum absolute atomic E-state index is 0.0600. The summed E-state index contributed by atoms with van der Waals surface area (Å²) in [5, 5.41) is 11.4. The number of ether oxygens (including phenoxy) is 1. The van der Waals surface area contributed by atoms with Gasteiger partial charge in [0.2, 0.25) is 5.91 Å². The molecule has 1 amide bonds. The predicted molar refractivity (Wildman–Crippen MR) is 99.9 cm³/mol. The van der Waals surface area contributed by atoms with E-state index in [2.05, 4.69) is 24.4 Å². The number of hydrogen-bond donors (Lipinski definition) is 2. The molecule has 26 heavy (non-hydrogen) atoms. The van der Waals surface area contributed by atoms with Crippen molar-refractivity contribution in [2.75, 3.05) is 0 Å². The Morgan fingerprint density at radius 1 is 1.00 bits per heavy atom. The molecule has 2 aromatic rings. The lowest BCUT2D eigenvalue weighted by Gasteiger charge is -2.09. The number of carbonyl (C=O) groups excluding carboxylic acids is 1. The SMILES string of the molecule is Cc1cccc(COc2ccc(CNC(=O)CCCCC(=O)O)cc2)c1. The van der Waals surface area contributed by atoms with Crippen molar-refractivity contribution in [3.05, 3.63) is 65.2 Å². The second kappa shape index (κ2) is 10.2. The first-order valence-corrected chi connectivity index (χ1v) is 8.79. The average molecular weight is 355 g/mol. The zero-order valence-electron chi connectivity index (χ0n) is 15.0. The fourth-order valence-electron chi connectivity index (χ4n) is 2.52. The van der Waals surface area contributed by atoms with E-state index in [0.717, 1.165) is 16.9 Å². The van der Waals surface area contributed by atoms with E-state index in [1.54, 1.807) is 0 Å². The van der Waals surface area contributed by atoms with Crippen molar-refractivity contribution in [1.82, 2.24) is 5.32 Å².